The second kappa shape index (κ2) is 5.09. The lowest BCUT2D eigenvalue weighted by atomic mass is 9.99. The highest BCUT2D eigenvalue weighted by Gasteiger charge is 2.18. The fraction of sp³-hybridized carbons (Fsp3) is 0.417. The van der Waals surface area contributed by atoms with Gasteiger partial charge in [-0.05, 0) is 37.5 Å². The molecular formula is C12H17N3O. The van der Waals surface area contributed by atoms with Crippen LogP contribution >= 0.6 is 0 Å². The lowest BCUT2D eigenvalue weighted by Crippen LogP contribution is -2.31. The van der Waals surface area contributed by atoms with Gasteiger partial charge < -0.3 is 4.74 Å². The van der Waals surface area contributed by atoms with E-state index in [1.807, 2.05) is 25.1 Å². The number of aromatic nitrogens is 1. The maximum absolute atomic E-state index is 5.60. The number of hydrogen-bond donors (Lipinski definition) is 2. The smallest absolute Gasteiger partial charge is 0.0876 e. The highest BCUT2D eigenvalue weighted by Crippen LogP contribution is 2.25. The Bertz CT molecular complexity index is 390. The molecule has 0 aliphatic carbocycles. The van der Waals surface area contributed by atoms with E-state index in [1.165, 1.54) is 0 Å². The quantitative estimate of drug-likeness (QED) is 0.598. The van der Waals surface area contributed by atoms with Gasteiger partial charge in [-0.1, -0.05) is 6.07 Å². The molecule has 16 heavy (non-hydrogen) atoms. The van der Waals surface area contributed by atoms with Crippen molar-refractivity contribution in [2.75, 3.05) is 6.61 Å². The summed E-state index contributed by atoms with van der Waals surface area (Å²) in [5.41, 5.74) is 5.90. The largest absolute Gasteiger partial charge is 0.501 e. The van der Waals surface area contributed by atoms with Gasteiger partial charge in [0.15, 0.2) is 0 Å². The average molecular weight is 219 g/mol. The first kappa shape index (κ1) is 11.1. The van der Waals surface area contributed by atoms with Crippen LogP contribution in [0.4, 0.5) is 0 Å². The van der Waals surface area contributed by atoms with E-state index < -0.39 is 0 Å². The zero-order valence-corrected chi connectivity index (χ0v) is 9.44. The van der Waals surface area contributed by atoms with Crippen LogP contribution in [0.2, 0.25) is 0 Å². The number of rotatable bonds is 3. The Labute approximate surface area is 95.5 Å². The van der Waals surface area contributed by atoms with Crippen LogP contribution in [0.25, 0.3) is 0 Å². The minimum absolute atomic E-state index is 0.0415. The molecule has 1 aromatic heterocycles. The van der Waals surface area contributed by atoms with Crippen LogP contribution in [-0.4, -0.2) is 11.6 Å². The normalized spacial score (nSPS) is 17.5. The van der Waals surface area contributed by atoms with Gasteiger partial charge in [0, 0.05) is 5.69 Å². The average Bonchev–Trinajstić information content (AvgIpc) is 2.31. The third kappa shape index (κ3) is 2.40. The third-order valence-electron chi connectivity index (χ3n) is 2.71. The van der Waals surface area contributed by atoms with Crippen LogP contribution in [0.5, 0.6) is 0 Å². The second-order valence-electron chi connectivity index (χ2n) is 3.97. The van der Waals surface area contributed by atoms with E-state index in [2.05, 4.69) is 10.4 Å². The van der Waals surface area contributed by atoms with Crippen molar-refractivity contribution < 1.29 is 4.74 Å². The van der Waals surface area contributed by atoms with Gasteiger partial charge in [-0.25, -0.2) is 5.43 Å². The highest BCUT2D eigenvalue weighted by atomic mass is 16.5. The Hall–Kier alpha value is -1.39. The van der Waals surface area contributed by atoms with Gasteiger partial charge >= 0.3 is 0 Å². The number of hydrogen-bond acceptors (Lipinski definition) is 4. The van der Waals surface area contributed by atoms with Gasteiger partial charge in [-0.3, -0.25) is 10.8 Å². The maximum atomic E-state index is 5.60. The molecule has 86 valence electrons. The van der Waals surface area contributed by atoms with Crippen LogP contribution in [0.15, 0.2) is 30.0 Å². The summed E-state index contributed by atoms with van der Waals surface area (Å²) in [5.74, 6) is 5.60. The van der Waals surface area contributed by atoms with Gasteiger partial charge in [0.1, 0.15) is 0 Å². The van der Waals surface area contributed by atoms with E-state index in [9.17, 15) is 0 Å². The Morgan fingerprint density at radius 2 is 2.38 bits per heavy atom. The van der Waals surface area contributed by atoms with Crippen molar-refractivity contribution in [2.24, 2.45) is 5.84 Å². The molecule has 0 radical (unpaired) electrons. The zero-order valence-electron chi connectivity index (χ0n) is 9.44. The summed E-state index contributed by atoms with van der Waals surface area (Å²) < 4.78 is 5.33. The van der Waals surface area contributed by atoms with Gasteiger partial charge in [0.25, 0.3) is 0 Å². The molecule has 1 atom stereocenters. The van der Waals surface area contributed by atoms with Gasteiger partial charge in [-0.15, -0.1) is 0 Å². The number of nitrogens with zero attached hydrogens (tertiary/aromatic N) is 1. The topological polar surface area (TPSA) is 60.2 Å². The molecule has 0 saturated heterocycles. The number of hydrazine groups is 1. The Morgan fingerprint density at radius 1 is 1.50 bits per heavy atom. The predicted octanol–water partition coefficient (Wildman–Crippen LogP) is 1.59. The molecule has 2 heterocycles. The van der Waals surface area contributed by atoms with E-state index >= 15 is 0 Å². The molecule has 0 spiro atoms. The van der Waals surface area contributed by atoms with Crippen LogP contribution in [0, 0.1) is 6.92 Å². The van der Waals surface area contributed by atoms with E-state index in [1.54, 1.807) is 6.26 Å². The molecule has 0 aromatic carbocycles. The summed E-state index contributed by atoms with van der Waals surface area (Å²) in [6.07, 6.45) is 3.85. The summed E-state index contributed by atoms with van der Waals surface area (Å²) in [7, 11) is 0. The first-order valence-corrected chi connectivity index (χ1v) is 5.51. The number of nitrogens with two attached hydrogens (primary N) is 1. The molecule has 4 heteroatoms. The minimum Gasteiger partial charge on any atom is -0.501 e. The number of nitrogens with one attached hydrogen (secondary N) is 1. The van der Waals surface area contributed by atoms with Crippen molar-refractivity contribution >= 4 is 0 Å². The molecule has 2 rings (SSSR count). The fourth-order valence-electron chi connectivity index (χ4n) is 1.90. The first-order chi connectivity index (χ1) is 7.81. The van der Waals surface area contributed by atoms with E-state index in [-0.39, 0.29) is 6.04 Å². The van der Waals surface area contributed by atoms with Crippen molar-refractivity contribution in [2.45, 2.75) is 25.8 Å². The van der Waals surface area contributed by atoms with Crippen molar-refractivity contribution in [3.05, 3.63) is 41.4 Å². The standard InChI is InChI=1S/C12H17N3O/c1-9-4-2-6-11(14-9)12(15-13)10-5-3-7-16-8-10/h2,4,6,8,12,15H,3,5,7,13H2,1H3. The van der Waals surface area contributed by atoms with Crippen LogP contribution in [0.3, 0.4) is 0 Å². The Morgan fingerprint density at radius 3 is 3.00 bits per heavy atom. The van der Waals surface area contributed by atoms with E-state index in [4.69, 9.17) is 10.6 Å². The van der Waals surface area contributed by atoms with Crippen LogP contribution in [-0.2, 0) is 4.74 Å². The Kier molecular flexibility index (Phi) is 3.54. The molecule has 4 nitrogen and oxygen atoms in total. The van der Waals surface area contributed by atoms with Gasteiger partial charge in [0.2, 0.25) is 0 Å². The van der Waals surface area contributed by atoms with Crippen molar-refractivity contribution in [1.29, 1.82) is 0 Å². The predicted molar refractivity (Wildman–Crippen MR) is 62.3 cm³/mol. The molecule has 0 fully saturated rings. The number of pyridine rings is 1. The van der Waals surface area contributed by atoms with Crippen molar-refractivity contribution in [3.63, 3.8) is 0 Å². The van der Waals surface area contributed by atoms with Crippen LogP contribution in [0.1, 0.15) is 30.3 Å². The van der Waals surface area contributed by atoms with E-state index in [0.29, 0.717) is 0 Å². The SMILES string of the molecule is Cc1cccc(C(NN)C2=COCCC2)n1. The maximum Gasteiger partial charge on any atom is 0.0876 e. The summed E-state index contributed by atoms with van der Waals surface area (Å²) in [6, 6.07) is 5.90. The van der Waals surface area contributed by atoms with Gasteiger partial charge in [-0.2, -0.15) is 0 Å². The molecule has 0 bridgehead atoms. The van der Waals surface area contributed by atoms with Crippen LogP contribution < -0.4 is 11.3 Å². The fourth-order valence-corrected chi connectivity index (χ4v) is 1.90. The summed E-state index contributed by atoms with van der Waals surface area (Å²) >= 11 is 0. The summed E-state index contributed by atoms with van der Waals surface area (Å²) in [5, 5.41) is 0. The summed E-state index contributed by atoms with van der Waals surface area (Å²) in [4.78, 5) is 4.48. The first-order valence-electron chi connectivity index (χ1n) is 5.51. The molecule has 1 aliphatic rings. The molecule has 0 saturated carbocycles. The monoisotopic (exact) mass is 219 g/mol. The van der Waals surface area contributed by atoms with Crippen molar-refractivity contribution in [1.82, 2.24) is 10.4 Å². The lowest BCUT2D eigenvalue weighted by Gasteiger charge is -2.22. The summed E-state index contributed by atoms with van der Waals surface area (Å²) in [6.45, 7) is 2.77. The molecular weight excluding hydrogens is 202 g/mol. The molecule has 0 amide bonds. The third-order valence-corrected chi connectivity index (χ3v) is 2.71. The minimum atomic E-state index is -0.0415. The Balaban J connectivity index is 2.25. The molecule has 3 N–H and O–H groups in total. The molecule has 1 unspecified atom stereocenters. The van der Waals surface area contributed by atoms with Gasteiger partial charge in [0.05, 0.1) is 24.6 Å². The highest BCUT2D eigenvalue weighted by molar-refractivity contribution is 5.23. The zero-order chi connectivity index (χ0) is 11.4. The van der Waals surface area contributed by atoms with Crippen molar-refractivity contribution in [3.8, 4) is 0 Å². The molecule has 1 aromatic rings. The second-order valence-corrected chi connectivity index (χ2v) is 3.97. The van der Waals surface area contributed by atoms with E-state index in [0.717, 1.165) is 36.4 Å². The molecule has 1 aliphatic heterocycles. The lowest BCUT2D eigenvalue weighted by molar-refractivity contribution is 0.219. The number of aryl methyl sites for hydroxylation is 1. The number of ether oxygens (including phenoxy) is 1.